The topological polar surface area (TPSA) is 49.3 Å². The first-order valence-electron chi connectivity index (χ1n) is 9.07. The van der Waals surface area contributed by atoms with E-state index in [0.717, 1.165) is 57.0 Å². The van der Waals surface area contributed by atoms with Gasteiger partial charge in [0.15, 0.2) is 0 Å². The van der Waals surface area contributed by atoms with Crippen molar-refractivity contribution in [3.05, 3.63) is 17.1 Å². The molecule has 1 atom stereocenters. The number of fused-ring (bicyclic) bond motifs is 1. The van der Waals surface area contributed by atoms with Gasteiger partial charge in [0.25, 0.3) is 0 Å². The molecule has 1 aliphatic heterocycles. The van der Waals surface area contributed by atoms with Gasteiger partial charge in [-0.1, -0.05) is 0 Å². The second kappa shape index (κ2) is 6.85. The van der Waals surface area contributed by atoms with Crippen molar-refractivity contribution in [2.24, 2.45) is 0 Å². The lowest BCUT2D eigenvalue weighted by atomic mass is 9.96. The summed E-state index contributed by atoms with van der Waals surface area (Å²) in [6, 6.07) is -0.0461. The molecule has 1 amide bonds. The normalized spacial score (nSPS) is 20.5. The quantitative estimate of drug-likeness (QED) is 0.856. The van der Waals surface area contributed by atoms with Gasteiger partial charge in [-0.2, -0.15) is 0 Å². The molecule has 5 nitrogen and oxygen atoms in total. The highest BCUT2D eigenvalue weighted by Gasteiger charge is 2.35. The number of nitrogens with zero attached hydrogens (tertiary/aromatic N) is 4. The maximum absolute atomic E-state index is 12.9. The zero-order valence-electron chi connectivity index (χ0n) is 14.6. The van der Waals surface area contributed by atoms with Gasteiger partial charge in [0.1, 0.15) is 17.7 Å². The molecule has 0 bridgehead atoms. The molecule has 0 saturated carbocycles. The van der Waals surface area contributed by atoms with Gasteiger partial charge in [-0.05, 0) is 59.3 Å². The van der Waals surface area contributed by atoms with E-state index in [1.165, 1.54) is 24.1 Å². The molecule has 5 heteroatoms. The summed E-state index contributed by atoms with van der Waals surface area (Å²) in [6.07, 6.45) is 6.52. The second-order valence-corrected chi connectivity index (χ2v) is 6.59. The van der Waals surface area contributed by atoms with E-state index in [-0.39, 0.29) is 11.9 Å². The summed E-state index contributed by atoms with van der Waals surface area (Å²) in [5.74, 6) is 2.13. The SMILES string of the molecule is CCN(CC)C(=O)C1CCCN1c1nc(C)nc2c1CCCC2. The lowest BCUT2D eigenvalue weighted by Gasteiger charge is -2.32. The van der Waals surface area contributed by atoms with Crippen LogP contribution in [0.25, 0.3) is 0 Å². The predicted octanol–water partition coefficient (Wildman–Crippen LogP) is 2.50. The molecular formula is C18H28N4O. The zero-order valence-corrected chi connectivity index (χ0v) is 14.6. The summed E-state index contributed by atoms with van der Waals surface area (Å²) >= 11 is 0. The Hall–Kier alpha value is -1.65. The molecule has 0 aromatic carbocycles. The standard InChI is InChI=1S/C18H28N4O/c1-4-21(5-2)18(23)16-11-8-12-22(16)17-14-9-6-7-10-15(14)19-13(3)20-17/h16H,4-12H2,1-3H3. The Bertz CT molecular complexity index is 583. The largest absolute Gasteiger partial charge is 0.344 e. The van der Waals surface area contributed by atoms with Crippen molar-refractivity contribution < 1.29 is 4.79 Å². The third kappa shape index (κ3) is 3.06. The summed E-state index contributed by atoms with van der Waals surface area (Å²) < 4.78 is 0. The van der Waals surface area contributed by atoms with Crippen molar-refractivity contribution in [3.63, 3.8) is 0 Å². The minimum atomic E-state index is -0.0461. The van der Waals surface area contributed by atoms with Crippen LogP contribution in [0.5, 0.6) is 0 Å². The molecule has 0 N–H and O–H groups in total. The van der Waals surface area contributed by atoms with Crippen LogP contribution < -0.4 is 4.90 Å². The minimum Gasteiger partial charge on any atom is -0.344 e. The monoisotopic (exact) mass is 316 g/mol. The minimum absolute atomic E-state index is 0.0461. The predicted molar refractivity (Wildman–Crippen MR) is 91.7 cm³/mol. The van der Waals surface area contributed by atoms with Crippen LogP contribution in [0, 0.1) is 6.92 Å². The first kappa shape index (κ1) is 16.2. The van der Waals surface area contributed by atoms with E-state index < -0.39 is 0 Å². The third-order valence-corrected chi connectivity index (χ3v) is 5.16. The Morgan fingerprint density at radius 1 is 1.17 bits per heavy atom. The molecule has 1 aliphatic carbocycles. The molecule has 0 spiro atoms. The summed E-state index contributed by atoms with van der Waals surface area (Å²) in [5, 5.41) is 0. The average molecular weight is 316 g/mol. The smallest absolute Gasteiger partial charge is 0.245 e. The summed E-state index contributed by atoms with van der Waals surface area (Å²) in [5.41, 5.74) is 2.50. The van der Waals surface area contributed by atoms with Crippen molar-refractivity contribution in [2.45, 2.75) is 65.3 Å². The van der Waals surface area contributed by atoms with Crippen LogP contribution in [-0.4, -0.2) is 46.5 Å². The highest BCUT2D eigenvalue weighted by Crippen LogP contribution is 2.33. The molecule has 2 aliphatic rings. The number of aromatic nitrogens is 2. The van der Waals surface area contributed by atoms with Crippen LogP contribution >= 0.6 is 0 Å². The van der Waals surface area contributed by atoms with Gasteiger partial charge in [-0.3, -0.25) is 4.79 Å². The Labute approximate surface area is 139 Å². The van der Waals surface area contributed by atoms with Crippen LogP contribution in [0.4, 0.5) is 5.82 Å². The fourth-order valence-electron chi connectivity index (χ4n) is 3.96. The average Bonchev–Trinajstić information content (AvgIpc) is 3.04. The maximum Gasteiger partial charge on any atom is 0.245 e. The fraction of sp³-hybridized carbons (Fsp3) is 0.722. The van der Waals surface area contributed by atoms with E-state index in [1.54, 1.807) is 0 Å². The number of carbonyl (C=O) groups excluding carboxylic acids is 1. The van der Waals surface area contributed by atoms with E-state index in [0.29, 0.717) is 0 Å². The van der Waals surface area contributed by atoms with Crippen molar-refractivity contribution in [2.75, 3.05) is 24.5 Å². The Kier molecular flexibility index (Phi) is 4.83. The summed E-state index contributed by atoms with van der Waals surface area (Å²) in [6.45, 7) is 8.56. The van der Waals surface area contributed by atoms with Gasteiger partial charge >= 0.3 is 0 Å². The van der Waals surface area contributed by atoms with Gasteiger partial charge in [0.05, 0.1) is 0 Å². The van der Waals surface area contributed by atoms with Crippen molar-refractivity contribution in [3.8, 4) is 0 Å². The van der Waals surface area contributed by atoms with Gasteiger partial charge in [0, 0.05) is 30.9 Å². The zero-order chi connectivity index (χ0) is 16.4. The number of anilines is 1. The van der Waals surface area contributed by atoms with Crippen LogP contribution in [-0.2, 0) is 17.6 Å². The first-order valence-corrected chi connectivity index (χ1v) is 9.07. The summed E-state index contributed by atoms with van der Waals surface area (Å²) in [7, 11) is 0. The van der Waals surface area contributed by atoms with E-state index >= 15 is 0 Å². The number of hydrogen-bond donors (Lipinski definition) is 0. The van der Waals surface area contributed by atoms with Gasteiger partial charge < -0.3 is 9.80 Å². The third-order valence-electron chi connectivity index (χ3n) is 5.16. The van der Waals surface area contributed by atoms with Crippen LogP contribution in [0.3, 0.4) is 0 Å². The maximum atomic E-state index is 12.9. The number of carbonyl (C=O) groups is 1. The van der Waals surface area contributed by atoms with E-state index in [9.17, 15) is 4.79 Å². The van der Waals surface area contributed by atoms with E-state index in [1.807, 2.05) is 11.8 Å². The fourth-order valence-corrected chi connectivity index (χ4v) is 3.96. The number of hydrogen-bond acceptors (Lipinski definition) is 4. The number of likely N-dealkylation sites (N-methyl/N-ethyl adjacent to an activating group) is 1. The molecule has 0 radical (unpaired) electrons. The molecular weight excluding hydrogens is 288 g/mol. The van der Waals surface area contributed by atoms with Gasteiger partial charge in [-0.25, -0.2) is 9.97 Å². The van der Waals surface area contributed by atoms with Crippen molar-refractivity contribution >= 4 is 11.7 Å². The van der Waals surface area contributed by atoms with Gasteiger partial charge in [0.2, 0.25) is 5.91 Å². The highest BCUT2D eigenvalue weighted by molar-refractivity contribution is 5.86. The Morgan fingerprint density at radius 2 is 1.91 bits per heavy atom. The molecule has 23 heavy (non-hydrogen) atoms. The molecule has 126 valence electrons. The molecule has 1 saturated heterocycles. The molecule has 1 aromatic heterocycles. The van der Waals surface area contributed by atoms with Gasteiger partial charge in [-0.15, -0.1) is 0 Å². The lowest BCUT2D eigenvalue weighted by Crippen LogP contribution is -2.46. The number of aryl methyl sites for hydroxylation is 2. The highest BCUT2D eigenvalue weighted by atomic mass is 16.2. The van der Waals surface area contributed by atoms with E-state index in [2.05, 4.69) is 23.7 Å². The van der Waals surface area contributed by atoms with Crippen molar-refractivity contribution in [1.82, 2.24) is 14.9 Å². The lowest BCUT2D eigenvalue weighted by molar-refractivity contribution is -0.132. The van der Waals surface area contributed by atoms with E-state index in [4.69, 9.17) is 4.98 Å². The first-order chi connectivity index (χ1) is 11.2. The molecule has 2 heterocycles. The van der Waals surface area contributed by atoms with Crippen LogP contribution in [0.1, 0.15) is 56.6 Å². The Morgan fingerprint density at radius 3 is 2.65 bits per heavy atom. The molecule has 1 aromatic rings. The number of amides is 1. The number of rotatable bonds is 4. The second-order valence-electron chi connectivity index (χ2n) is 6.59. The van der Waals surface area contributed by atoms with Crippen LogP contribution in [0.15, 0.2) is 0 Å². The molecule has 1 fully saturated rings. The molecule has 3 rings (SSSR count). The van der Waals surface area contributed by atoms with Crippen molar-refractivity contribution in [1.29, 1.82) is 0 Å². The molecule has 1 unspecified atom stereocenters. The van der Waals surface area contributed by atoms with Crippen LogP contribution in [0.2, 0.25) is 0 Å². The summed E-state index contributed by atoms with van der Waals surface area (Å²) in [4.78, 5) is 26.5. The Balaban J connectivity index is 1.94.